The molecule has 0 saturated heterocycles. The molecule has 2 rings (SSSR count). The highest BCUT2D eigenvalue weighted by Crippen LogP contribution is 2.10. The minimum absolute atomic E-state index is 0.0477. The first-order chi connectivity index (χ1) is 8.16. The molecule has 0 fully saturated rings. The van der Waals surface area contributed by atoms with Gasteiger partial charge in [-0.2, -0.15) is 0 Å². The van der Waals surface area contributed by atoms with Gasteiger partial charge in [0.05, 0.1) is 6.07 Å². The molecule has 8 nitrogen and oxygen atoms in total. The first kappa shape index (κ1) is 10.7. The van der Waals surface area contributed by atoms with Crippen molar-refractivity contribution in [2.75, 3.05) is 5.32 Å². The van der Waals surface area contributed by atoms with E-state index in [-0.39, 0.29) is 11.5 Å². The van der Waals surface area contributed by atoms with Crippen LogP contribution in [0.5, 0.6) is 0 Å². The van der Waals surface area contributed by atoms with Gasteiger partial charge in [-0.25, -0.2) is 0 Å². The summed E-state index contributed by atoms with van der Waals surface area (Å²) in [5.41, 5.74) is 0.490. The zero-order valence-corrected chi connectivity index (χ0v) is 8.45. The second kappa shape index (κ2) is 4.39. The number of H-pyrrole nitrogens is 1. The fourth-order valence-corrected chi connectivity index (χ4v) is 1.15. The molecule has 0 aliphatic carbocycles. The maximum absolute atomic E-state index is 11.6. The Bertz CT molecular complexity index is 551. The van der Waals surface area contributed by atoms with Gasteiger partial charge in [0.15, 0.2) is 5.69 Å². The maximum atomic E-state index is 11.6. The van der Waals surface area contributed by atoms with E-state index < -0.39 is 10.8 Å². The minimum Gasteiger partial charge on any atom is -0.358 e. The third kappa shape index (κ3) is 2.43. The van der Waals surface area contributed by atoms with E-state index in [2.05, 4.69) is 20.5 Å². The zero-order valence-electron chi connectivity index (χ0n) is 8.45. The van der Waals surface area contributed by atoms with Gasteiger partial charge >= 0.3 is 5.82 Å². The average Bonchev–Trinajstić information content (AvgIpc) is 2.79. The van der Waals surface area contributed by atoms with E-state index in [0.717, 1.165) is 6.07 Å². The standard InChI is InChI=1S/C9H7N5O3/c15-9(11-6-1-3-10-4-2-6)7-5-8(13-12-7)14(16)17/h1-5H,(H,12,13)(H,10,11,15). The predicted molar refractivity (Wildman–Crippen MR) is 57.4 cm³/mol. The molecule has 0 aliphatic heterocycles. The third-order valence-corrected chi connectivity index (χ3v) is 1.93. The molecule has 2 N–H and O–H groups in total. The molecular formula is C9H7N5O3. The van der Waals surface area contributed by atoms with Crippen molar-refractivity contribution < 1.29 is 9.72 Å². The number of nitrogens with one attached hydrogen (secondary N) is 2. The Balaban J connectivity index is 2.12. The molecule has 0 atom stereocenters. The number of nitro groups is 1. The summed E-state index contributed by atoms with van der Waals surface area (Å²) < 4.78 is 0. The Kier molecular flexibility index (Phi) is 2.77. The quantitative estimate of drug-likeness (QED) is 0.605. The van der Waals surface area contributed by atoms with Crippen LogP contribution in [-0.2, 0) is 0 Å². The molecule has 86 valence electrons. The van der Waals surface area contributed by atoms with Crippen LogP contribution in [0.2, 0.25) is 0 Å². The summed E-state index contributed by atoms with van der Waals surface area (Å²) >= 11 is 0. The Morgan fingerprint density at radius 2 is 2.12 bits per heavy atom. The summed E-state index contributed by atoms with van der Waals surface area (Å²) in [5, 5.41) is 18.6. The molecule has 0 saturated carbocycles. The average molecular weight is 233 g/mol. The highest BCUT2D eigenvalue weighted by atomic mass is 16.6. The molecular weight excluding hydrogens is 226 g/mol. The normalized spacial score (nSPS) is 9.88. The first-order valence-corrected chi connectivity index (χ1v) is 4.58. The Labute approximate surface area is 94.8 Å². The summed E-state index contributed by atoms with van der Waals surface area (Å²) in [4.78, 5) is 25.1. The summed E-state index contributed by atoms with van der Waals surface area (Å²) in [5.74, 6) is -0.856. The SMILES string of the molecule is O=C(Nc1ccncc1)c1cc([N+](=O)[O-])[nH]n1. The lowest BCUT2D eigenvalue weighted by Gasteiger charge is -2.00. The molecule has 2 heterocycles. The van der Waals surface area contributed by atoms with Crippen molar-refractivity contribution in [3.63, 3.8) is 0 Å². The number of hydrogen-bond acceptors (Lipinski definition) is 5. The number of hydrogen-bond donors (Lipinski definition) is 2. The van der Waals surface area contributed by atoms with Gasteiger partial charge < -0.3 is 15.4 Å². The van der Waals surface area contributed by atoms with Gasteiger partial charge in [-0.05, 0) is 17.1 Å². The van der Waals surface area contributed by atoms with Crippen LogP contribution in [0, 0.1) is 10.1 Å². The van der Waals surface area contributed by atoms with Crippen molar-refractivity contribution in [1.82, 2.24) is 15.2 Å². The first-order valence-electron chi connectivity index (χ1n) is 4.58. The van der Waals surface area contributed by atoms with Gasteiger partial charge in [-0.15, -0.1) is 5.10 Å². The van der Waals surface area contributed by atoms with E-state index in [4.69, 9.17) is 0 Å². The van der Waals surface area contributed by atoms with E-state index in [1.807, 2.05) is 0 Å². The van der Waals surface area contributed by atoms with Gasteiger partial charge in [0.25, 0.3) is 5.91 Å². The van der Waals surface area contributed by atoms with Crippen LogP contribution < -0.4 is 5.32 Å². The van der Waals surface area contributed by atoms with Crippen LogP contribution in [0.3, 0.4) is 0 Å². The number of aromatic amines is 1. The van der Waals surface area contributed by atoms with Crippen LogP contribution >= 0.6 is 0 Å². The van der Waals surface area contributed by atoms with E-state index in [1.165, 1.54) is 12.4 Å². The second-order valence-electron chi connectivity index (χ2n) is 3.09. The summed E-state index contributed by atoms with van der Waals surface area (Å²) in [6.45, 7) is 0. The number of amides is 1. The van der Waals surface area contributed by atoms with E-state index in [1.54, 1.807) is 12.1 Å². The number of rotatable bonds is 3. The molecule has 2 aromatic heterocycles. The van der Waals surface area contributed by atoms with Gasteiger partial charge in [0.2, 0.25) is 0 Å². The largest absolute Gasteiger partial charge is 0.358 e. The van der Waals surface area contributed by atoms with Crippen LogP contribution in [0.4, 0.5) is 11.5 Å². The molecule has 0 aromatic carbocycles. The highest BCUT2D eigenvalue weighted by molar-refractivity contribution is 6.03. The highest BCUT2D eigenvalue weighted by Gasteiger charge is 2.16. The molecule has 1 amide bonds. The van der Waals surface area contributed by atoms with Crippen molar-refractivity contribution >= 4 is 17.4 Å². The second-order valence-corrected chi connectivity index (χ2v) is 3.09. The minimum atomic E-state index is -0.657. The van der Waals surface area contributed by atoms with Gasteiger partial charge in [-0.3, -0.25) is 9.78 Å². The van der Waals surface area contributed by atoms with Gasteiger partial charge in [0.1, 0.15) is 0 Å². The number of pyridine rings is 1. The molecule has 17 heavy (non-hydrogen) atoms. The number of aromatic nitrogens is 3. The van der Waals surface area contributed by atoms with Crippen molar-refractivity contribution in [3.8, 4) is 0 Å². The zero-order chi connectivity index (χ0) is 12.3. The summed E-state index contributed by atoms with van der Waals surface area (Å²) in [6, 6.07) is 4.26. The molecule has 0 spiro atoms. The molecule has 0 bridgehead atoms. The Morgan fingerprint density at radius 3 is 2.71 bits per heavy atom. The molecule has 0 radical (unpaired) electrons. The van der Waals surface area contributed by atoms with E-state index in [9.17, 15) is 14.9 Å². The van der Waals surface area contributed by atoms with Crippen molar-refractivity contribution in [2.45, 2.75) is 0 Å². The topological polar surface area (TPSA) is 114 Å². The van der Waals surface area contributed by atoms with Crippen molar-refractivity contribution in [1.29, 1.82) is 0 Å². The Morgan fingerprint density at radius 1 is 1.41 bits per heavy atom. The number of anilines is 1. The van der Waals surface area contributed by atoms with Crippen LogP contribution in [0.15, 0.2) is 30.6 Å². The number of nitrogens with zero attached hydrogens (tertiary/aromatic N) is 3. The van der Waals surface area contributed by atoms with Crippen LogP contribution in [-0.4, -0.2) is 26.0 Å². The monoisotopic (exact) mass is 233 g/mol. The lowest BCUT2D eigenvalue weighted by atomic mass is 10.3. The Hall–Kier alpha value is -2.77. The number of carbonyl (C=O) groups is 1. The summed E-state index contributed by atoms with van der Waals surface area (Å²) in [6.07, 6.45) is 3.03. The smallest absolute Gasteiger partial charge is 0.343 e. The van der Waals surface area contributed by atoms with Crippen LogP contribution in [0.25, 0.3) is 0 Å². The van der Waals surface area contributed by atoms with Crippen molar-refractivity contribution in [3.05, 3.63) is 46.4 Å². The van der Waals surface area contributed by atoms with Crippen LogP contribution in [0.1, 0.15) is 10.5 Å². The van der Waals surface area contributed by atoms with Gasteiger partial charge in [-0.1, -0.05) is 5.10 Å². The van der Waals surface area contributed by atoms with Gasteiger partial charge in [0, 0.05) is 18.1 Å². The number of carbonyl (C=O) groups excluding carboxylic acids is 1. The molecule has 0 unspecified atom stereocenters. The third-order valence-electron chi connectivity index (χ3n) is 1.93. The van der Waals surface area contributed by atoms with Crippen molar-refractivity contribution in [2.24, 2.45) is 0 Å². The molecule has 2 aromatic rings. The lowest BCUT2D eigenvalue weighted by molar-refractivity contribution is -0.389. The molecule has 8 heteroatoms. The van der Waals surface area contributed by atoms with E-state index >= 15 is 0 Å². The summed E-state index contributed by atoms with van der Waals surface area (Å²) in [7, 11) is 0. The predicted octanol–water partition coefficient (Wildman–Crippen LogP) is 0.965. The maximum Gasteiger partial charge on any atom is 0.343 e. The lowest BCUT2D eigenvalue weighted by Crippen LogP contribution is -2.12. The van der Waals surface area contributed by atoms with E-state index in [0.29, 0.717) is 5.69 Å². The molecule has 0 aliphatic rings. The fraction of sp³-hybridized carbons (Fsp3) is 0. The fourth-order valence-electron chi connectivity index (χ4n) is 1.15.